The number of likely N-dealkylation sites (tertiary alicyclic amines) is 1. The van der Waals surface area contributed by atoms with Crippen molar-refractivity contribution in [1.29, 1.82) is 0 Å². The maximum atomic E-state index is 14.3. The number of benzene rings is 2. The first-order chi connectivity index (χ1) is 45.3. The van der Waals surface area contributed by atoms with Crippen LogP contribution >= 0.6 is 0 Å². The standard InChI is InChI=1S/C59H81N15O22/c1-28(49(85)69-39(23-44(62)79)54(90)67-36(15-18-46(81)82)51(87)66-35(14-17-43(61)78)53(89)71-40(59(95)96)21-30-9-4-3-5-10-30)65-45(80)25-64-50(86)41(27-76)72-57(93)48(29(2)77)73-55(91)38(22-31-24-63-34-12-7-6-11-32(31)34)70-52(88)37(16-19-47(83)84)68-56(92)42-13-8-20-74(42)58(94)33(60)26-75/h3-7,9-12,24,28-29,33,35-42,48,63,75-77H,8,13-23,25-27,60H2,1-2H3,(H2,61,78)(H2,62,79)(H,64,86)(H,65,80)(H,66,87)(H,67,90)(H,68,92)(H,69,85)(H,70,88)(H,71,89)(H,72,93)(H,73,91)(H,81,82)(H,83,84)(H,95,96)/t28-,29+,33-,35-,36-,37-,38-,39-,40-,41-,42-,48-/m0/s1. The van der Waals surface area contributed by atoms with Crippen molar-refractivity contribution >= 4 is 106 Å². The molecule has 0 aliphatic carbocycles. The lowest BCUT2D eigenvalue weighted by molar-refractivity contribution is -0.142. The van der Waals surface area contributed by atoms with Gasteiger partial charge in [0.05, 0.1) is 32.3 Å². The van der Waals surface area contributed by atoms with Crippen LogP contribution in [0.1, 0.15) is 82.8 Å². The molecule has 0 radical (unpaired) electrons. The van der Waals surface area contributed by atoms with Gasteiger partial charge >= 0.3 is 17.9 Å². The maximum absolute atomic E-state index is 14.3. The number of fused-ring (bicyclic) bond motifs is 1. The van der Waals surface area contributed by atoms with Gasteiger partial charge in [0.15, 0.2) is 0 Å². The van der Waals surface area contributed by atoms with Gasteiger partial charge in [-0.2, -0.15) is 0 Å². The Hall–Kier alpha value is -10.7. The predicted molar refractivity (Wildman–Crippen MR) is 330 cm³/mol. The van der Waals surface area contributed by atoms with E-state index < -0.39 is 232 Å². The molecule has 4 rings (SSSR count). The first-order valence-corrected chi connectivity index (χ1v) is 30.1. The van der Waals surface area contributed by atoms with Gasteiger partial charge in [-0.15, -0.1) is 0 Å². The van der Waals surface area contributed by atoms with E-state index in [1.54, 1.807) is 54.6 Å². The van der Waals surface area contributed by atoms with E-state index in [-0.39, 0.29) is 25.8 Å². The molecular weight excluding hydrogens is 1270 g/mol. The van der Waals surface area contributed by atoms with Gasteiger partial charge < -0.3 is 111 Å². The molecule has 0 unspecified atom stereocenters. The molecule has 1 aromatic heterocycles. The van der Waals surface area contributed by atoms with E-state index >= 15 is 0 Å². The summed E-state index contributed by atoms with van der Waals surface area (Å²) in [5.74, 6) is -18.9. The number of amides is 13. The number of carboxylic acid groups (broad SMARTS) is 3. The molecule has 37 heteroatoms. The van der Waals surface area contributed by atoms with Crippen LogP contribution in [0.25, 0.3) is 10.9 Å². The molecule has 1 fully saturated rings. The fraction of sp³-hybridized carbons (Fsp3) is 0.492. The Morgan fingerprint density at radius 1 is 0.562 bits per heavy atom. The summed E-state index contributed by atoms with van der Waals surface area (Å²) in [6.07, 6.45) is -5.03. The molecule has 524 valence electrons. The molecule has 37 nitrogen and oxygen atoms in total. The summed E-state index contributed by atoms with van der Waals surface area (Å²) in [6, 6.07) is -3.56. The summed E-state index contributed by atoms with van der Waals surface area (Å²) in [5, 5.41) is 82.4. The Bertz CT molecular complexity index is 3330. The van der Waals surface area contributed by atoms with E-state index in [0.717, 1.165) is 18.7 Å². The number of nitrogens with one attached hydrogen (secondary N) is 11. The van der Waals surface area contributed by atoms with Crippen LogP contribution in [0, 0.1) is 0 Å². The fourth-order valence-electron chi connectivity index (χ4n) is 9.83. The molecule has 13 amide bonds. The number of primary amides is 2. The van der Waals surface area contributed by atoms with Gasteiger partial charge in [-0.3, -0.25) is 71.9 Å². The molecule has 2 aromatic carbocycles. The monoisotopic (exact) mass is 1350 g/mol. The molecule has 96 heavy (non-hydrogen) atoms. The third-order valence-corrected chi connectivity index (χ3v) is 15.0. The van der Waals surface area contributed by atoms with Crippen molar-refractivity contribution in [3.8, 4) is 0 Å². The van der Waals surface area contributed by atoms with Gasteiger partial charge in [-0.05, 0) is 63.1 Å². The number of aliphatic hydroxyl groups is 3. The van der Waals surface area contributed by atoms with E-state index in [1.807, 2.05) is 0 Å². The number of aliphatic hydroxyl groups excluding tert-OH is 3. The van der Waals surface area contributed by atoms with E-state index in [1.165, 1.54) is 6.20 Å². The Morgan fingerprint density at radius 2 is 1.08 bits per heavy atom. The Kier molecular flexibility index (Phi) is 30.7. The van der Waals surface area contributed by atoms with Gasteiger partial charge in [0.25, 0.3) is 0 Å². The number of carbonyl (C=O) groups excluding carboxylic acids is 13. The Labute approximate surface area is 546 Å². The fourth-order valence-corrected chi connectivity index (χ4v) is 9.83. The highest BCUT2D eigenvalue weighted by atomic mass is 16.4. The molecule has 23 N–H and O–H groups in total. The van der Waals surface area contributed by atoms with Crippen molar-refractivity contribution < 1.29 is 107 Å². The third-order valence-electron chi connectivity index (χ3n) is 15.0. The average molecular weight is 1350 g/mol. The molecule has 1 saturated heterocycles. The van der Waals surface area contributed by atoms with Crippen LogP contribution < -0.4 is 70.4 Å². The minimum absolute atomic E-state index is 0.0792. The van der Waals surface area contributed by atoms with E-state index in [0.29, 0.717) is 28.5 Å². The number of hydrogen-bond donors (Lipinski definition) is 20. The minimum atomic E-state index is -1.97. The topological polar surface area (TPSA) is 612 Å². The lowest BCUT2D eigenvalue weighted by atomic mass is 10.0. The molecule has 1 aliphatic rings. The van der Waals surface area contributed by atoms with Crippen molar-refractivity contribution in [2.75, 3.05) is 26.3 Å². The lowest BCUT2D eigenvalue weighted by Gasteiger charge is -2.29. The summed E-state index contributed by atoms with van der Waals surface area (Å²) in [4.78, 5) is 213. The van der Waals surface area contributed by atoms with Crippen LogP contribution in [0.3, 0.4) is 0 Å². The third kappa shape index (κ3) is 24.7. The number of nitrogens with zero attached hydrogens (tertiary/aromatic N) is 1. The molecule has 0 saturated carbocycles. The largest absolute Gasteiger partial charge is 0.481 e. The minimum Gasteiger partial charge on any atom is -0.481 e. The quantitative estimate of drug-likeness (QED) is 0.0251. The number of hydrogen-bond acceptors (Lipinski definition) is 20. The van der Waals surface area contributed by atoms with Crippen molar-refractivity contribution in [3.63, 3.8) is 0 Å². The van der Waals surface area contributed by atoms with Crippen molar-refractivity contribution in [3.05, 3.63) is 71.9 Å². The predicted octanol–water partition coefficient (Wildman–Crippen LogP) is -7.91. The molecule has 3 aromatic rings. The smallest absolute Gasteiger partial charge is 0.326 e. The van der Waals surface area contributed by atoms with Crippen LogP contribution in [0.4, 0.5) is 0 Å². The zero-order valence-electron chi connectivity index (χ0n) is 52.2. The van der Waals surface area contributed by atoms with Crippen LogP contribution in [-0.4, -0.2) is 234 Å². The Balaban J connectivity index is 1.43. The van der Waals surface area contributed by atoms with Crippen LogP contribution in [0.5, 0.6) is 0 Å². The normalized spacial score (nSPS) is 16.1. The number of rotatable bonds is 40. The maximum Gasteiger partial charge on any atom is 0.326 e. The van der Waals surface area contributed by atoms with Crippen molar-refractivity contribution in [1.82, 2.24) is 63.1 Å². The Morgan fingerprint density at radius 3 is 1.64 bits per heavy atom. The number of carboxylic acids is 3. The van der Waals surface area contributed by atoms with Crippen molar-refractivity contribution in [2.24, 2.45) is 17.2 Å². The number of aromatic nitrogens is 1. The first kappa shape index (κ1) is 77.8. The molecule has 0 bridgehead atoms. The molecule has 0 spiro atoms. The van der Waals surface area contributed by atoms with E-state index in [9.17, 15) is 107 Å². The zero-order valence-corrected chi connectivity index (χ0v) is 52.2. The lowest BCUT2D eigenvalue weighted by Crippen LogP contribution is -2.62. The second-order valence-corrected chi connectivity index (χ2v) is 22.5. The number of aliphatic carboxylic acids is 3. The highest BCUT2D eigenvalue weighted by Gasteiger charge is 2.40. The van der Waals surface area contributed by atoms with Gasteiger partial charge in [-0.1, -0.05) is 48.5 Å². The SMILES string of the molecule is C[C@H](NC(=O)CNC(=O)[C@H](CO)NC(=O)[C@@H](NC(=O)[C@H](Cc1c[nH]c2ccccc12)NC(=O)[C@H](CCC(=O)O)NC(=O)[C@@H]1CCCN1C(=O)[C@@H](N)CO)[C@@H](C)O)C(=O)N[C@@H](CC(N)=O)C(=O)N[C@@H](CCC(=O)O)C(=O)N[C@@H](CCC(N)=O)C(=O)N[C@@H](Cc1ccccc1)C(=O)O. The van der Waals surface area contributed by atoms with E-state index in [2.05, 4.69) is 58.2 Å². The van der Waals surface area contributed by atoms with Crippen molar-refractivity contribution in [2.45, 2.75) is 157 Å². The number of H-pyrrole nitrogens is 1. The van der Waals surface area contributed by atoms with Gasteiger partial charge in [0, 0.05) is 55.7 Å². The summed E-state index contributed by atoms with van der Waals surface area (Å²) >= 11 is 0. The second kappa shape index (κ2) is 37.9. The summed E-state index contributed by atoms with van der Waals surface area (Å²) in [7, 11) is 0. The van der Waals surface area contributed by atoms with Gasteiger partial charge in [0.1, 0.15) is 66.5 Å². The molecule has 1 aliphatic heterocycles. The van der Waals surface area contributed by atoms with Gasteiger partial charge in [0.2, 0.25) is 76.8 Å². The second-order valence-electron chi connectivity index (χ2n) is 22.5. The molecule has 2 heterocycles. The zero-order chi connectivity index (χ0) is 71.5. The first-order valence-electron chi connectivity index (χ1n) is 30.1. The number of aromatic amines is 1. The van der Waals surface area contributed by atoms with Gasteiger partial charge in [-0.25, -0.2) is 4.79 Å². The highest BCUT2D eigenvalue weighted by Crippen LogP contribution is 2.21. The average Bonchev–Trinajstić information content (AvgIpc) is 1.64. The van der Waals surface area contributed by atoms with Crippen LogP contribution in [-0.2, 0) is 89.6 Å². The van der Waals surface area contributed by atoms with Crippen LogP contribution in [0.2, 0.25) is 0 Å². The number of nitrogens with two attached hydrogens (primary N) is 3. The summed E-state index contributed by atoms with van der Waals surface area (Å²) < 4.78 is 0. The molecular formula is C59H81N15O22. The number of para-hydroxylation sites is 1. The number of carbonyl (C=O) groups is 16. The highest BCUT2D eigenvalue weighted by molar-refractivity contribution is 6.00. The summed E-state index contributed by atoms with van der Waals surface area (Å²) in [5.41, 5.74) is 17.9. The summed E-state index contributed by atoms with van der Waals surface area (Å²) in [6.45, 7) is -0.669. The molecule has 12 atom stereocenters. The van der Waals surface area contributed by atoms with Crippen LogP contribution in [0.15, 0.2) is 60.8 Å². The van der Waals surface area contributed by atoms with E-state index in [4.69, 9.17) is 17.2 Å².